The van der Waals surface area contributed by atoms with Crippen molar-refractivity contribution < 1.29 is 22.6 Å². The molecule has 0 spiro atoms. The van der Waals surface area contributed by atoms with Crippen LogP contribution in [0, 0.1) is 0 Å². The molecule has 0 unspecified atom stereocenters. The van der Waals surface area contributed by atoms with Crippen molar-refractivity contribution in [3.8, 4) is 0 Å². The monoisotopic (exact) mass is 327 g/mol. The summed E-state index contributed by atoms with van der Waals surface area (Å²) >= 11 is 0. The maximum absolute atomic E-state index is 11.6. The van der Waals surface area contributed by atoms with Crippen molar-refractivity contribution in [2.45, 2.75) is 19.3 Å². The first-order valence-electron chi connectivity index (χ1n) is 6.88. The highest BCUT2D eigenvalue weighted by atomic mass is 32.2. The zero-order valence-corrected chi connectivity index (χ0v) is 12.9. The van der Waals surface area contributed by atoms with Gasteiger partial charge in [0.1, 0.15) is 0 Å². The van der Waals surface area contributed by atoms with Gasteiger partial charge in [-0.25, -0.2) is 8.42 Å². The van der Waals surface area contributed by atoms with E-state index in [0.29, 0.717) is 12.8 Å². The van der Waals surface area contributed by atoms with E-state index in [1.54, 1.807) is 0 Å². The first-order chi connectivity index (χ1) is 10.4. The van der Waals surface area contributed by atoms with E-state index in [-0.39, 0.29) is 25.4 Å². The molecule has 0 aromatic heterocycles. The normalized spacial score (nSPS) is 11.0. The van der Waals surface area contributed by atoms with Gasteiger partial charge in [-0.1, -0.05) is 30.3 Å². The van der Waals surface area contributed by atoms with Gasteiger partial charge >= 0.3 is 0 Å². The third-order valence-corrected chi connectivity index (χ3v) is 3.54. The average Bonchev–Trinajstić information content (AvgIpc) is 2.45. The number of hydrogen-bond acceptors (Lipinski definition) is 5. The molecule has 2 amide bonds. The minimum Gasteiger partial charge on any atom is -0.748 e. The molecule has 0 saturated heterocycles. The van der Waals surface area contributed by atoms with Crippen molar-refractivity contribution in [1.82, 2.24) is 10.6 Å². The fourth-order valence-corrected chi connectivity index (χ4v) is 2.06. The second-order valence-corrected chi connectivity index (χ2v) is 6.22. The summed E-state index contributed by atoms with van der Waals surface area (Å²) in [7, 11) is -4.32. The fraction of sp³-hybridized carbons (Fsp3) is 0.429. The molecule has 0 radical (unpaired) electrons. The Bertz CT molecular complexity index is 587. The molecule has 1 aromatic carbocycles. The fourth-order valence-electron chi connectivity index (χ4n) is 1.71. The number of nitrogens with one attached hydrogen (secondary N) is 2. The van der Waals surface area contributed by atoms with Crippen LogP contribution in [-0.2, 0) is 26.1 Å². The van der Waals surface area contributed by atoms with Crippen molar-refractivity contribution in [3.05, 3.63) is 35.9 Å². The topological polar surface area (TPSA) is 115 Å². The minimum atomic E-state index is -4.32. The van der Waals surface area contributed by atoms with Gasteiger partial charge in [-0.2, -0.15) is 0 Å². The summed E-state index contributed by atoms with van der Waals surface area (Å²) < 4.78 is 31.0. The molecule has 1 rings (SSSR count). The largest absolute Gasteiger partial charge is 0.748 e. The Balaban J connectivity index is 2.10. The molecule has 0 aliphatic carbocycles. The van der Waals surface area contributed by atoms with Gasteiger partial charge in [-0.3, -0.25) is 9.59 Å². The molecule has 7 nitrogen and oxygen atoms in total. The van der Waals surface area contributed by atoms with Crippen LogP contribution in [0.25, 0.3) is 0 Å². The number of benzene rings is 1. The van der Waals surface area contributed by atoms with E-state index >= 15 is 0 Å². The van der Waals surface area contributed by atoms with E-state index in [0.717, 1.165) is 5.56 Å². The maximum atomic E-state index is 11.6. The van der Waals surface area contributed by atoms with Crippen molar-refractivity contribution in [1.29, 1.82) is 0 Å². The third-order valence-electron chi connectivity index (χ3n) is 2.83. The molecule has 2 N–H and O–H groups in total. The minimum absolute atomic E-state index is 0.0377. The number of rotatable bonds is 9. The number of carbonyl (C=O) groups is 2. The summed E-state index contributed by atoms with van der Waals surface area (Å²) in [6, 6.07) is 9.58. The van der Waals surface area contributed by atoms with Crippen molar-refractivity contribution in [3.63, 3.8) is 0 Å². The van der Waals surface area contributed by atoms with Gasteiger partial charge < -0.3 is 15.2 Å². The maximum Gasteiger partial charge on any atom is 0.221 e. The molecule has 0 atom stereocenters. The molecule has 8 heteroatoms. The Kier molecular flexibility index (Phi) is 7.55. The number of carbonyl (C=O) groups excluding carboxylic acids is 2. The lowest BCUT2D eigenvalue weighted by Gasteiger charge is -2.08. The van der Waals surface area contributed by atoms with Crippen LogP contribution in [0.5, 0.6) is 0 Å². The van der Waals surface area contributed by atoms with E-state index in [2.05, 4.69) is 10.6 Å². The molecular weight excluding hydrogens is 308 g/mol. The summed E-state index contributed by atoms with van der Waals surface area (Å²) in [6.07, 6.45) is 0.996. The molecule has 22 heavy (non-hydrogen) atoms. The van der Waals surface area contributed by atoms with Crippen molar-refractivity contribution >= 4 is 21.9 Å². The van der Waals surface area contributed by atoms with E-state index in [9.17, 15) is 22.6 Å². The molecule has 1 aromatic rings. The second-order valence-electron chi connectivity index (χ2n) is 4.70. The third kappa shape index (κ3) is 9.09. The summed E-state index contributed by atoms with van der Waals surface area (Å²) in [5.41, 5.74) is 1.06. The van der Waals surface area contributed by atoms with Crippen LogP contribution >= 0.6 is 0 Å². The number of hydrogen-bond donors (Lipinski definition) is 2. The highest BCUT2D eigenvalue weighted by Crippen LogP contribution is 2.01. The molecule has 0 fully saturated rings. The predicted octanol–water partition coefficient (Wildman–Crippen LogP) is -0.213. The molecule has 0 aliphatic rings. The van der Waals surface area contributed by atoms with Crippen LogP contribution in [-0.4, -0.2) is 43.6 Å². The van der Waals surface area contributed by atoms with E-state index in [4.69, 9.17) is 0 Å². The summed E-state index contributed by atoms with van der Waals surface area (Å²) in [6.45, 7) is -0.0454. The number of aryl methyl sites for hydroxylation is 1. The van der Waals surface area contributed by atoms with E-state index in [1.165, 1.54) is 0 Å². The summed E-state index contributed by atoms with van der Waals surface area (Å²) in [4.78, 5) is 22.9. The first kappa shape index (κ1) is 18.1. The van der Waals surface area contributed by atoms with Gasteiger partial charge in [0.05, 0.1) is 15.9 Å². The van der Waals surface area contributed by atoms with Crippen molar-refractivity contribution in [2.75, 3.05) is 18.8 Å². The highest BCUT2D eigenvalue weighted by molar-refractivity contribution is 7.85. The standard InChI is InChI=1S/C14H20N2O5S/c17-13(7-6-12-4-2-1-3-5-12)15-9-8-14(18)16-10-11-22(19,20)21/h1-5H,6-11H2,(H,15,17)(H,16,18)(H,19,20,21)/p-1. The number of amides is 2. The Morgan fingerprint density at radius 2 is 1.55 bits per heavy atom. The predicted molar refractivity (Wildman–Crippen MR) is 80.0 cm³/mol. The van der Waals surface area contributed by atoms with Gasteiger partial charge in [0.15, 0.2) is 0 Å². The zero-order valence-electron chi connectivity index (χ0n) is 12.1. The summed E-state index contributed by atoms with van der Waals surface area (Å²) in [5, 5.41) is 4.91. The Morgan fingerprint density at radius 3 is 2.18 bits per heavy atom. The molecular formula is C14H19N2O5S-. The molecule has 122 valence electrons. The van der Waals surface area contributed by atoms with Crippen LogP contribution in [0.1, 0.15) is 18.4 Å². The van der Waals surface area contributed by atoms with Gasteiger partial charge in [-0.15, -0.1) is 0 Å². The first-order valence-corrected chi connectivity index (χ1v) is 8.45. The van der Waals surface area contributed by atoms with E-state index < -0.39 is 21.8 Å². The summed E-state index contributed by atoms with van der Waals surface area (Å²) in [5.74, 6) is -1.20. The Morgan fingerprint density at radius 1 is 0.955 bits per heavy atom. The van der Waals surface area contributed by atoms with Crippen molar-refractivity contribution in [2.24, 2.45) is 0 Å². The Labute approximate surface area is 129 Å². The molecule has 0 bridgehead atoms. The van der Waals surface area contributed by atoms with Crippen LogP contribution in [0.4, 0.5) is 0 Å². The quantitative estimate of drug-likeness (QED) is 0.609. The SMILES string of the molecule is O=C(CCNC(=O)CCc1ccccc1)NCCS(=O)(=O)[O-]. The zero-order chi connectivity index (χ0) is 16.4. The van der Waals surface area contributed by atoms with Crippen LogP contribution in [0.15, 0.2) is 30.3 Å². The lowest BCUT2D eigenvalue weighted by molar-refractivity contribution is -0.122. The lowest BCUT2D eigenvalue weighted by Crippen LogP contribution is -2.33. The molecule has 0 aliphatic heterocycles. The van der Waals surface area contributed by atoms with Crippen LogP contribution in [0.3, 0.4) is 0 Å². The van der Waals surface area contributed by atoms with Gasteiger partial charge in [0.2, 0.25) is 11.8 Å². The van der Waals surface area contributed by atoms with Crippen LogP contribution in [0.2, 0.25) is 0 Å². The Hall–Kier alpha value is -1.93. The second kappa shape index (κ2) is 9.16. The van der Waals surface area contributed by atoms with Gasteiger partial charge in [-0.05, 0) is 12.0 Å². The van der Waals surface area contributed by atoms with Gasteiger partial charge in [0.25, 0.3) is 0 Å². The van der Waals surface area contributed by atoms with Gasteiger partial charge in [0, 0.05) is 25.9 Å². The molecule has 0 saturated carbocycles. The average molecular weight is 327 g/mol. The smallest absolute Gasteiger partial charge is 0.221 e. The lowest BCUT2D eigenvalue weighted by atomic mass is 10.1. The molecule has 0 heterocycles. The van der Waals surface area contributed by atoms with E-state index in [1.807, 2.05) is 30.3 Å². The van der Waals surface area contributed by atoms with Crippen LogP contribution < -0.4 is 10.6 Å². The highest BCUT2D eigenvalue weighted by Gasteiger charge is 2.05.